The molecule has 414 valence electrons. The normalized spacial score (nSPS) is 13.9. The van der Waals surface area contributed by atoms with Crippen LogP contribution >= 0.6 is 0 Å². The maximum atomic E-state index is 14.5. The lowest BCUT2D eigenvalue weighted by Crippen LogP contribution is -2.59. The zero-order valence-electron chi connectivity index (χ0n) is 43.5. The minimum atomic E-state index is -1.33. The molecule has 0 radical (unpaired) electrons. The molecule has 0 aliphatic heterocycles. The summed E-state index contributed by atoms with van der Waals surface area (Å²) in [5.41, 5.74) is 26.7. The maximum absolute atomic E-state index is 14.5. The predicted molar refractivity (Wildman–Crippen MR) is 289 cm³/mol. The van der Waals surface area contributed by atoms with Gasteiger partial charge < -0.3 is 75.2 Å². The highest BCUT2D eigenvalue weighted by Crippen LogP contribution is 2.20. The maximum Gasteiger partial charge on any atom is 0.243 e. The first-order chi connectivity index (χ1) is 37.0. The monoisotopic (exact) mass is 1060 g/mol. The standard InChI is InChI=1S/C54H74N14O9/c1-32(2)47(48(58)71)68-54(77)44(24-33-12-4-3-5-13-33)66-51(74)41(16-8-10-22-55)63-46(70)30-61-50(73)45(26-35-28-60-40-15-7-6-14-38(35)40)67-52(75)42(17-9-11-23-56)64-53(76)43(25-34-18-20-37(69)21-19-34)65-49(72)39(57)27-36-29-59-31-62-36/h3-7,12-15,18-21,28-29,31-32,39,41-45,47,60,69H,8-11,16-17,22-27,30,55-57H2,1-2H3,(H2,58,71)(H,59,62)(H,61,73)(H,63,70)(H,64,76)(H,65,72)(H,66,74)(H,67,75)(H,68,77)/t39-,41-,42-,43-,44-,45-,47-/m0/s1. The number of hydrogen-bond acceptors (Lipinski definition) is 13. The molecule has 0 spiro atoms. The van der Waals surface area contributed by atoms with Crippen molar-refractivity contribution >= 4 is 58.2 Å². The number of aromatic nitrogens is 3. The van der Waals surface area contributed by atoms with Gasteiger partial charge in [0.05, 0.1) is 18.9 Å². The number of fused-ring (bicyclic) bond motifs is 1. The van der Waals surface area contributed by atoms with E-state index in [1.807, 2.05) is 24.3 Å². The summed E-state index contributed by atoms with van der Waals surface area (Å²) in [5, 5.41) is 29.7. The van der Waals surface area contributed by atoms with Gasteiger partial charge in [0.15, 0.2) is 0 Å². The van der Waals surface area contributed by atoms with Gasteiger partial charge in [0.2, 0.25) is 47.3 Å². The summed E-state index contributed by atoms with van der Waals surface area (Å²) in [5.74, 6) is -6.14. The van der Waals surface area contributed by atoms with Gasteiger partial charge in [0.25, 0.3) is 0 Å². The van der Waals surface area contributed by atoms with E-state index in [9.17, 15) is 43.5 Å². The van der Waals surface area contributed by atoms with E-state index in [0.29, 0.717) is 61.2 Å². The molecular formula is C54H74N14O9. The first kappa shape index (κ1) is 59.7. The number of nitrogens with two attached hydrogens (primary N) is 4. The molecule has 0 aliphatic rings. The number of para-hydroxylation sites is 1. The van der Waals surface area contributed by atoms with Crippen LogP contribution in [-0.4, -0.2) is 129 Å². The number of primary amides is 1. The number of amides is 8. The Morgan fingerprint density at radius 1 is 0.584 bits per heavy atom. The number of aromatic amines is 2. The molecule has 23 nitrogen and oxygen atoms in total. The van der Waals surface area contributed by atoms with E-state index in [-0.39, 0.29) is 50.2 Å². The average Bonchev–Trinajstić information content (AvgIpc) is 4.09. The highest BCUT2D eigenvalue weighted by Gasteiger charge is 2.33. The molecule has 0 saturated carbocycles. The Morgan fingerprint density at radius 3 is 1.70 bits per heavy atom. The Morgan fingerprint density at radius 2 is 1.12 bits per heavy atom. The fourth-order valence-corrected chi connectivity index (χ4v) is 8.57. The third kappa shape index (κ3) is 19.2. The van der Waals surface area contributed by atoms with Crippen molar-refractivity contribution in [2.24, 2.45) is 28.9 Å². The smallest absolute Gasteiger partial charge is 0.243 e. The third-order valence-corrected chi connectivity index (χ3v) is 12.9. The molecule has 0 bridgehead atoms. The van der Waals surface area contributed by atoms with Crippen molar-refractivity contribution in [2.45, 2.75) is 120 Å². The molecule has 23 heteroatoms. The Hall–Kier alpha value is -8.15. The van der Waals surface area contributed by atoms with Gasteiger partial charge in [0, 0.05) is 54.7 Å². The Bertz CT molecular complexity index is 2720. The minimum Gasteiger partial charge on any atom is -0.508 e. The number of phenolic OH excluding ortho intramolecular Hbond substituents is 1. The second kappa shape index (κ2) is 30.4. The Balaban J connectivity index is 1.35. The van der Waals surface area contributed by atoms with E-state index in [4.69, 9.17) is 22.9 Å². The van der Waals surface area contributed by atoms with Crippen molar-refractivity contribution in [3.63, 3.8) is 0 Å². The Labute approximate surface area is 447 Å². The van der Waals surface area contributed by atoms with Crippen molar-refractivity contribution in [1.82, 2.24) is 52.2 Å². The number of carbonyl (C=O) groups excluding carboxylic acids is 8. The van der Waals surface area contributed by atoms with Gasteiger partial charge in [-0.15, -0.1) is 0 Å². The number of unbranched alkanes of at least 4 members (excludes halogenated alkanes) is 2. The van der Waals surface area contributed by atoms with Crippen molar-refractivity contribution in [3.05, 3.63) is 120 Å². The number of carbonyl (C=O) groups is 8. The van der Waals surface area contributed by atoms with E-state index in [1.54, 1.807) is 62.5 Å². The molecule has 0 saturated heterocycles. The Kier molecular flexibility index (Phi) is 23.6. The molecule has 3 aromatic carbocycles. The number of rotatable bonds is 32. The number of hydrogen-bond donors (Lipinski definition) is 14. The van der Waals surface area contributed by atoms with Gasteiger partial charge >= 0.3 is 0 Å². The van der Waals surface area contributed by atoms with Gasteiger partial charge in [-0.05, 0) is 92.4 Å². The lowest BCUT2D eigenvalue weighted by atomic mass is 10.0. The molecule has 0 fully saturated rings. The van der Waals surface area contributed by atoms with Crippen LogP contribution in [-0.2, 0) is 64.0 Å². The van der Waals surface area contributed by atoms with Gasteiger partial charge in [-0.1, -0.05) is 74.5 Å². The van der Waals surface area contributed by atoms with Crippen molar-refractivity contribution in [2.75, 3.05) is 19.6 Å². The second-order valence-electron chi connectivity index (χ2n) is 19.3. The van der Waals surface area contributed by atoms with E-state index in [0.717, 1.165) is 10.9 Å². The highest BCUT2D eigenvalue weighted by molar-refractivity contribution is 5.97. The van der Waals surface area contributed by atoms with Crippen LogP contribution < -0.4 is 60.2 Å². The van der Waals surface area contributed by atoms with Crippen LogP contribution in [0.5, 0.6) is 5.75 Å². The average molecular weight is 1060 g/mol. The number of phenols is 1. The van der Waals surface area contributed by atoms with Crippen molar-refractivity contribution in [3.8, 4) is 5.75 Å². The van der Waals surface area contributed by atoms with Gasteiger partial charge in [-0.3, -0.25) is 38.4 Å². The molecule has 2 aromatic heterocycles. The summed E-state index contributed by atoms with van der Waals surface area (Å²) in [6.45, 7) is 3.39. The molecule has 7 atom stereocenters. The van der Waals surface area contributed by atoms with Crippen LogP contribution in [0.2, 0.25) is 0 Å². The first-order valence-electron chi connectivity index (χ1n) is 25.8. The largest absolute Gasteiger partial charge is 0.508 e. The zero-order valence-corrected chi connectivity index (χ0v) is 43.5. The molecule has 77 heavy (non-hydrogen) atoms. The minimum absolute atomic E-state index is 0.00959. The van der Waals surface area contributed by atoms with Crippen LogP contribution in [0.15, 0.2) is 97.6 Å². The molecule has 2 heterocycles. The number of aromatic hydroxyl groups is 1. The SMILES string of the molecule is CC(C)[C@H](NC(=O)[C@H](Cc1ccccc1)NC(=O)[C@H](CCCCN)NC(=O)CNC(=O)[C@H](Cc1c[nH]c2ccccc12)NC(=O)[C@H](CCCCN)NC(=O)[C@H](Cc1ccc(O)cc1)NC(=O)[C@@H](N)Cc1cnc[nH]1)C(N)=O. The molecular weight excluding hydrogens is 989 g/mol. The lowest BCUT2D eigenvalue weighted by molar-refractivity contribution is -0.134. The quantitative estimate of drug-likeness (QED) is 0.0245. The van der Waals surface area contributed by atoms with Gasteiger partial charge in [0.1, 0.15) is 42.0 Å². The third-order valence-electron chi connectivity index (χ3n) is 12.9. The highest BCUT2D eigenvalue weighted by atomic mass is 16.3. The number of H-pyrrole nitrogens is 2. The molecule has 18 N–H and O–H groups in total. The fraction of sp³-hybridized carbons (Fsp3) is 0.426. The summed E-state index contributed by atoms with van der Waals surface area (Å²) in [6, 6.07) is 14.0. The van der Waals surface area contributed by atoms with E-state index < -0.39 is 96.1 Å². The summed E-state index contributed by atoms with van der Waals surface area (Å²) in [7, 11) is 0. The molecule has 5 rings (SSSR count). The topological polar surface area (TPSA) is 390 Å². The zero-order chi connectivity index (χ0) is 55.9. The molecule has 0 aliphatic carbocycles. The molecule has 8 amide bonds. The summed E-state index contributed by atoms with van der Waals surface area (Å²) < 4.78 is 0. The lowest BCUT2D eigenvalue weighted by Gasteiger charge is -2.26. The summed E-state index contributed by atoms with van der Waals surface area (Å²) in [4.78, 5) is 120. The van der Waals surface area contributed by atoms with Crippen LogP contribution in [0.3, 0.4) is 0 Å². The van der Waals surface area contributed by atoms with Crippen LogP contribution in [0, 0.1) is 5.92 Å². The van der Waals surface area contributed by atoms with Gasteiger partial charge in [-0.2, -0.15) is 0 Å². The van der Waals surface area contributed by atoms with Crippen LogP contribution in [0.1, 0.15) is 74.8 Å². The molecule has 5 aromatic rings. The van der Waals surface area contributed by atoms with Crippen molar-refractivity contribution < 1.29 is 43.5 Å². The van der Waals surface area contributed by atoms with E-state index in [2.05, 4.69) is 52.2 Å². The second-order valence-corrected chi connectivity index (χ2v) is 19.3. The molecule has 0 unspecified atom stereocenters. The van der Waals surface area contributed by atoms with E-state index in [1.165, 1.54) is 24.7 Å². The van der Waals surface area contributed by atoms with Crippen LogP contribution in [0.4, 0.5) is 0 Å². The number of nitrogens with zero attached hydrogens (tertiary/aromatic N) is 1. The first-order valence-corrected chi connectivity index (χ1v) is 25.8. The summed E-state index contributed by atoms with van der Waals surface area (Å²) in [6.07, 6.45) is 6.70. The van der Waals surface area contributed by atoms with Gasteiger partial charge in [-0.25, -0.2) is 4.98 Å². The van der Waals surface area contributed by atoms with E-state index >= 15 is 0 Å². The van der Waals surface area contributed by atoms with Crippen molar-refractivity contribution in [1.29, 1.82) is 0 Å². The predicted octanol–water partition coefficient (Wildman–Crippen LogP) is -0.381. The number of nitrogens with one attached hydrogen (secondary N) is 9. The van der Waals surface area contributed by atoms with Crippen LogP contribution in [0.25, 0.3) is 10.9 Å². The summed E-state index contributed by atoms with van der Waals surface area (Å²) >= 11 is 0. The number of imidazole rings is 1. The number of benzene rings is 3. The fourth-order valence-electron chi connectivity index (χ4n) is 8.57.